The third-order valence-corrected chi connectivity index (χ3v) is 3.22. The highest BCUT2D eigenvalue weighted by atomic mass is 16.5. The lowest BCUT2D eigenvalue weighted by Crippen LogP contribution is -2.42. The number of hydrogen-bond acceptors (Lipinski definition) is 3. The van der Waals surface area contributed by atoms with Crippen LogP contribution in [0.5, 0.6) is 0 Å². The van der Waals surface area contributed by atoms with Gasteiger partial charge in [-0.05, 0) is 25.3 Å². The largest absolute Gasteiger partial charge is 0.384 e. The number of ether oxygens (including phenoxy) is 1. The second-order valence-electron chi connectivity index (χ2n) is 4.86. The van der Waals surface area contributed by atoms with Crippen molar-refractivity contribution in [3.63, 3.8) is 0 Å². The number of amides is 1. The van der Waals surface area contributed by atoms with Gasteiger partial charge in [-0.25, -0.2) is 0 Å². The zero-order valence-corrected chi connectivity index (χ0v) is 10.6. The number of benzene rings is 1. The van der Waals surface area contributed by atoms with Crippen molar-refractivity contribution in [3.05, 3.63) is 35.9 Å². The summed E-state index contributed by atoms with van der Waals surface area (Å²) in [6.45, 7) is 2.53. The molecule has 1 aliphatic heterocycles. The van der Waals surface area contributed by atoms with Crippen LogP contribution in [0.15, 0.2) is 30.3 Å². The molecule has 4 heteroatoms. The van der Waals surface area contributed by atoms with Crippen LogP contribution in [0, 0.1) is 0 Å². The highest BCUT2D eigenvalue weighted by Gasteiger charge is 2.27. The maximum absolute atomic E-state index is 11.8. The molecule has 1 amide bonds. The fourth-order valence-electron chi connectivity index (χ4n) is 2.06. The van der Waals surface area contributed by atoms with Gasteiger partial charge in [0.1, 0.15) is 11.7 Å². The summed E-state index contributed by atoms with van der Waals surface area (Å²) in [6.07, 6.45) is 1.34. The maximum atomic E-state index is 11.8. The molecular formula is C14H19NO3. The predicted molar refractivity (Wildman–Crippen MR) is 68.0 cm³/mol. The van der Waals surface area contributed by atoms with E-state index in [-0.39, 0.29) is 18.6 Å². The molecule has 2 unspecified atom stereocenters. The van der Waals surface area contributed by atoms with Crippen LogP contribution >= 0.6 is 0 Å². The van der Waals surface area contributed by atoms with Gasteiger partial charge < -0.3 is 15.2 Å². The monoisotopic (exact) mass is 249 g/mol. The lowest BCUT2D eigenvalue weighted by Gasteiger charge is -2.25. The van der Waals surface area contributed by atoms with E-state index < -0.39 is 5.60 Å². The van der Waals surface area contributed by atoms with Crippen molar-refractivity contribution in [1.29, 1.82) is 0 Å². The molecule has 2 atom stereocenters. The lowest BCUT2D eigenvalue weighted by atomic mass is 9.96. The molecule has 0 radical (unpaired) electrons. The van der Waals surface area contributed by atoms with Gasteiger partial charge in [-0.2, -0.15) is 0 Å². The van der Waals surface area contributed by atoms with Crippen LogP contribution in [0.25, 0.3) is 0 Å². The molecular weight excluding hydrogens is 230 g/mol. The first-order valence-corrected chi connectivity index (χ1v) is 6.27. The van der Waals surface area contributed by atoms with Crippen molar-refractivity contribution in [2.24, 2.45) is 0 Å². The number of rotatable bonds is 4. The zero-order valence-electron chi connectivity index (χ0n) is 10.6. The molecule has 1 aliphatic rings. The molecule has 18 heavy (non-hydrogen) atoms. The molecule has 0 spiro atoms. The van der Waals surface area contributed by atoms with E-state index >= 15 is 0 Å². The zero-order chi connectivity index (χ0) is 13.0. The number of nitrogens with one attached hydrogen (secondary N) is 1. The van der Waals surface area contributed by atoms with Crippen LogP contribution in [-0.2, 0) is 15.1 Å². The Hall–Kier alpha value is -1.39. The van der Waals surface area contributed by atoms with Crippen molar-refractivity contribution in [1.82, 2.24) is 5.32 Å². The normalized spacial score (nSPS) is 22.4. The number of carbonyl (C=O) groups excluding carboxylic acids is 1. The van der Waals surface area contributed by atoms with E-state index in [1.54, 1.807) is 6.92 Å². The number of carbonyl (C=O) groups is 1. The molecule has 0 aromatic heterocycles. The van der Waals surface area contributed by atoms with Gasteiger partial charge in [0.05, 0.1) is 6.54 Å². The third kappa shape index (κ3) is 3.09. The fourth-order valence-corrected chi connectivity index (χ4v) is 2.06. The van der Waals surface area contributed by atoms with E-state index in [1.165, 1.54) is 0 Å². The topological polar surface area (TPSA) is 58.6 Å². The number of aliphatic hydroxyl groups is 1. The Bertz CT molecular complexity index is 397. The highest BCUT2D eigenvalue weighted by molar-refractivity contribution is 5.81. The summed E-state index contributed by atoms with van der Waals surface area (Å²) in [4.78, 5) is 11.8. The van der Waals surface area contributed by atoms with Crippen LogP contribution in [0.4, 0.5) is 0 Å². The molecule has 1 fully saturated rings. The lowest BCUT2D eigenvalue weighted by molar-refractivity contribution is -0.131. The Balaban J connectivity index is 1.90. The summed E-state index contributed by atoms with van der Waals surface area (Å²) in [7, 11) is 0. The minimum absolute atomic E-state index is 0.135. The van der Waals surface area contributed by atoms with E-state index in [0.717, 1.165) is 18.4 Å². The van der Waals surface area contributed by atoms with Crippen LogP contribution in [0.2, 0.25) is 0 Å². The molecule has 98 valence electrons. The number of hydrogen-bond donors (Lipinski definition) is 2. The van der Waals surface area contributed by atoms with E-state index in [0.29, 0.717) is 6.61 Å². The van der Waals surface area contributed by atoms with Crippen LogP contribution in [-0.4, -0.2) is 30.3 Å². The Kier molecular flexibility index (Phi) is 3.99. The van der Waals surface area contributed by atoms with Crippen molar-refractivity contribution in [2.75, 3.05) is 13.2 Å². The smallest absolute Gasteiger partial charge is 0.249 e. The second kappa shape index (κ2) is 5.50. The van der Waals surface area contributed by atoms with Crippen LogP contribution in [0.3, 0.4) is 0 Å². The first-order valence-electron chi connectivity index (χ1n) is 6.27. The van der Waals surface area contributed by atoms with Crippen molar-refractivity contribution < 1.29 is 14.6 Å². The molecule has 1 heterocycles. The summed E-state index contributed by atoms with van der Waals surface area (Å²) in [5.41, 5.74) is -0.271. The quantitative estimate of drug-likeness (QED) is 0.842. The molecule has 4 nitrogen and oxygen atoms in total. The Morgan fingerprint density at radius 2 is 2.22 bits per heavy atom. The molecule has 2 rings (SSSR count). The van der Waals surface area contributed by atoms with E-state index in [4.69, 9.17) is 4.74 Å². The SMILES string of the molecule is CC(O)(CNC(=O)C1CCCO1)c1ccccc1. The summed E-state index contributed by atoms with van der Waals surface area (Å²) in [5, 5.41) is 13.1. The average molecular weight is 249 g/mol. The summed E-state index contributed by atoms with van der Waals surface area (Å²) in [5.74, 6) is -0.135. The van der Waals surface area contributed by atoms with Gasteiger partial charge in [0.25, 0.3) is 0 Å². The standard InChI is InChI=1S/C14H19NO3/c1-14(17,11-6-3-2-4-7-11)10-15-13(16)12-8-5-9-18-12/h2-4,6-7,12,17H,5,8-10H2,1H3,(H,15,16). The van der Waals surface area contributed by atoms with Gasteiger partial charge in [0.15, 0.2) is 0 Å². The molecule has 0 aliphatic carbocycles. The summed E-state index contributed by atoms with van der Waals surface area (Å²) < 4.78 is 5.29. The molecule has 2 N–H and O–H groups in total. The Morgan fingerprint density at radius 3 is 2.83 bits per heavy atom. The van der Waals surface area contributed by atoms with Gasteiger partial charge in [-0.1, -0.05) is 30.3 Å². The van der Waals surface area contributed by atoms with Crippen LogP contribution < -0.4 is 5.32 Å². The van der Waals surface area contributed by atoms with Crippen molar-refractivity contribution >= 4 is 5.91 Å². The second-order valence-corrected chi connectivity index (χ2v) is 4.86. The van der Waals surface area contributed by atoms with E-state index in [2.05, 4.69) is 5.32 Å². The summed E-state index contributed by atoms with van der Waals surface area (Å²) in [6, 6.07) is 9.32. The molecule has 1 aromatic carbocycles. The van der Waals surface area contributed by atoms with Crippen LogP contribution in [0.1, 0.15) is 25.3 Å². The average Bonchev–Trinajstić information content (AvgIpc) is 2.91. The van der Waals surface area contributed by atoms with Crippen molar-refractivity contribution in [3.8, 4) is 0 Å². The van der Waals surface area contributed by atoms with E-state index in [1.807, 2.05) is 30.3 Å². The predicted octanol–water partition coefficient (Wildman–Crippen LogP) is 1.19. The summed E-state index contributed by atoms with van der Waals surface area (Å²) >= 11 is 0. The first-order chi connectivity index (χ1) is 8.59. The van der Waals surface area contributed by atoms with Gasteiger partial charge in [-0.3, -0.25) is 4.79 Å². The Labute approximate surface area is 107 Å². The van der Waals surface area contributed by atoms with Gasteiger partial charge in [0, 0.05) is 6.61 Å². The van der Waals surface area contributed by atoms with Gasteiger partial charge in [-0.15, -0.1) is 0 Å². The minimum atomic E-state index is -1.06. The third-order valence-electron chi connectivity index (χ3n) is 3.22. The minimum Gasteiger partial charge on any atom is -0.384 e. The van der Waals surface area contributed by atoms with Gasteiger partial charge in [0.2, 0.25) is 5.91 Å². The highest BCUT2D eigenvalue weighted by Crippen LogP contribution is 2.19. The fraction of sp³-hybridized carbons (Fsp3) is 0.500. The molecule has 1 saturated heterocycles. The molecule has 0 bridgehead atoms. The first kappa shape index (κ1) is 13.1. The maximum Gasteiger partial charge on any atom is 0.249 e. The Morgan fingerprint density at radius 1 is 1.50 bits per heavy atom. The molecule has 1 aromatic rings. The van der Waals surface area contributed by atoms with Crippen molar-refractivity contribution in [2.45, 2.75) is 31.5 Å². The van der Waals surface area contributed by atoms with E-state index in [9.17, 15) is 9.90 Å². The molecule has 0 saturated carbocycles. The van der Waals surface area contributed by atoms with Gasteiger partial charge >= 0.3 is 0 Å².